The minimum atomic E-state index is -0.148. The van der Waals surface area contributed by atoms with Crippen LogP contribution in [0.15, 0.2) is 48.7 Å². The van der Waals surface area contributed by atoms with Crippen molar-refractivity contribution in [1.29, 1.82) is 0 Å². The Morgan fingerprint density at radius 3 is 2.67 bits per heavy atom. The van der Waals surface area contributed by atoms with Crippen molar-refractivity contribution in [3.8, 4) is 0 Å². The minimum Gasteiger partial charge on any atom is -0.383 e. The highest BCUT2D eigenvalue weighted by Gasteiger charge is 2.16. The number of nitrogens with one attached hydrogen (secondary N) is 2. The summed E-state index contributed by atoms with van der Waals surface area (Å²) in [6.07, 6.45) is 2.46. The van der Waals surface area contributed by atoms with Crippen molar-refractivity contribution in [1.82, 2.24) is 15.6 Å². The molecule has 0 aliphatic rings. The Morgan fingerprint density at radius 2 is 2.00 bits per heavy atom. The van der Waals surface area contributed by atoms with Crippen LogP contribution in [0.1, 0.15) is 22.9 Å². The molecular formula is C19H25N3O2. The number of nitrogens with zero attached hydrogens (tertiary/aromatic N) is 1. The number of aryl methyl sites for hydroxylation is 1. The van der Waals surface area contributed by atoms with E-state index in [1.807, 2.05) is 18.2 Å². The molecule has 1 aromatic heterocycles. The molecule has 128 valence electrons. The average Bonchev–Trinajstić information content (AvgIpc) is 2.61. The van der Waals surface area contributed by atoms with Crippen molar-refractivity contribution in [2.75, 3.05) is 26.8 Å². The zero-order chi connectivity index (χ0) is 17.2. The number of rotatable bonds is 9. The molecule has 5 nitrogen and oxygen atoms in total. The number of methoxy groups -OCH3 is 1. The van der Waals surface area contributed by atoms with Crippen LogP contribution in [0, 0.1) is 6.92 Å². The lowest BCUT2D eigenvalue weighted by Gasteiger charge is -2.19. The van der Waals surface area contributed by atoms with Crippen LogP contribution >= 0.6 is 0 Å². The van der Waals surface area contributed by atoms with E-state index in [0.29, 0.717) is 19.6 Å². The van der Waals surface area contributed by atoms with Crippen molar-refractivity contribution in [3.63, 3.8) is 0 Å². The zero-order valence-electron chi connectivity index (χ0n) is 14.3. The van der Waals surface area contributed by atoms with Crippen LogP contribution in [-0.4, -0.2) is 37.7 Å². The van der Waals surface area contributed by atoms with E-state index in [4.69, 9.17) is 4.74 Å². The first-order chi connectivity index (χ1) is 11.7. The summed E-state index contributed by atoms with van der Waals surface area (Å²) in [7, 11) is 1.64. The molecule has 2 N–H and O–H groups in total. The second-order valence-electron chi connectivity index (χ2n) is 5.73. The number of benzene rings is 1. The molecule has 0 radical (unpaired) electrons. The van der Waals surface area contributed by atoms with Crippen LogP contribution in [0.3, 0.4) is 0 Å². The third-order valence-corrected chi connectivity index (χ3v) is 3.71. The van der Waals surface area contributed by atoms with Crippen LogP contribution in [0.5, 0.6) is 0 Å². The summed E-state index contributed by atoms with van der Waals surface area (Å²) < 4.78 is 4.96. The predicted molar refractivity (Wildman–Crippen MR) is 94.7 cm³/mol. The predicted octanol–water partition coefficient (Wildman–Crippen LogP) is 2.03. The molecule has 24 heavy (non-hydrogen) atoms. The van der Waals surface area contributed by atoms with E-state index in [9.17, 15) is 4.79 Å². The molecule has 0 bridgehead atoms. The van der Waals surface area contributed by atoms with Crippen molar-refractivity contribution in [2.24, 2.45) is 0 Å². The molecule has 0 spiro atoms. The Hall–Kier alpha value is -2.24. The number of pyridine rings is 1. The third kappa shape index (κ3) is 6.10. The highest BCUT2D eigenvalue weighted by Crippen LogP contribution is 2.17. The number of carbonyl (C=O) groups excluding carboxylic acids is 1. The Morgan fingerprint density at radius 1 is 1.21 bits per heavy atom. The topological polar surface area (TPSA) is 63.2 Å². The quantitative estimate of drug-likeness (QED) is 0.692. The maximum atomic E-state index is 12.2. The largest absolute Gasteiger partial charge is 0.383 e. The number of amides is 1. The average molecular weight is 327 g/mol. The van der Waals surface area contributed by atoms with Crippen LogP contribution in [0.4, 0.5) is 0 Å². The molecule has 1 atom stereocenters. The fourth-order valence-electron chi connectivity index (χ4n) is 2.39. The van der Waals surface area contributed by atoms with Crippen LogP contribution < -0.4 is 10.6 Å². The second-order valence-corrected chi connectivity index (χ2v) is 5.73. The summed E-state index contributed by atoms with van der Waals surface area (Å²) >= 11 is 0. The summed E-state index contributed by atoms with van der Waals surface area (Å²) in [6.45, 7) is 3.56. The van der Waals surface area contributed by atoms with Gasteiger partial charge in [-0.25, -0.2) is 0 Å². The molecule has 0 fully saturated rings. The van der Waals surface area contributed by atoms with Gasteiger partial charge in [0.25, 0.3) is 0 Å². The first-order valence-electron chi connectivity index (χ1n) is 8.14. The van der Waals surface area contributed by atoms with Gasteiger partial charge in [0.2, 0.25) is 5.91 Å². The van der Waals surface area contributed by atoms with Gasteiger partial charge in [0.05, 0.1) is 24.9 Å². The van der Waals surface area contributed by atoms with Crippen molar-refractivity contribution >= 4 is 5.91 Å². The van der Waals surface area contributed by atoms with Gasteiger partial charge in [-0.3, -0.25) is 9.78 Å². The van der Waals surface area contributed by atoms with Gasteiger partial charge in [-0.15, -0.1) is 0 Å². The SMILES string of the molecule is COCCNCC(=O)NC(Cc1ccc(C)cc1)c1ccccn1. The molecular weight excluding hydrogens is 302 g/mol. The van der Waals surface area contributed by atoms with Gasteiger partial charge in [0, 0.05) is 19.9 Å². The molecule has 0 saturated heterocycles. The molecule has 1 heterocycles. The van der Waals surface area contributed by atoms with Crippen LogP contribution in [-0.2, 0) is 16.0 Å². The van der Waals surface area contributed by atoms with Crippen molar-refractivity contribution in [2.45, 2.75) is 19.4 Å². The highest BCUT2D eigenvalue weighted by molar-refractivity contribution is 5.78. The molecule has 0 saturated carbocycles. The maximum absolute atomic E-state index is 12.2. The number of hydrogen-bond acceptors (Lipinski definition) is 4. The lowest BCUT2D eigenvalue weighted by atomic mass is 10.0. The summed E-state index contributed by atoms with van der Waals surface area (Å²) in [5, 5.41) is 6.13. The van der Waals surface area contributed by atoms with Gasteiger partial charge in [0.15, 0.2) is 0 Å². The number of aromatic nitrogens is 1. The highest BCUT2D eigenvalue weighted by atomic mass is 16.5. The Labute approximate surface area is 143 Å². The molecule has 2 aromatic rings. The summed E-state index contributed by atoms with van der Waals surface area (Å²) in [5.41, 5.74) is 3.26. The smallest absolute Gasteiger partial charge is 0.234 e. The van der Waals surface area contributed by atoms with E-state index < -0.39 is 0 Å². The Kier molecular flexibility index (Phi) is 7.39. The van der Waals surface area contributed by atoms with Crippen LogP contribution in [0.25, 0.3) is 0 Å². The molecule has 1 unspecified atom stereocenters. The summed E-state index contributed by atoms with van der Waals surface area (Å²) in [6, 6.07) is 14.0. The zero-order valence-corrected chi connectivity index (χ0v) is 14.3. The standard InChI is InChI=1S/C19H25N3O2/c1-15-6-8-16(9-7-15)13-18(17-5-3-4-10-21-17)22-19(23)14-20-11-12-24-2/h3-10,18,20H,11-14H2,1-2H3,(H,22,23). The summed E-state index contributed by atoms with van der Waals surface area (Å²) in [5.74, 6) is -0.0473. The lowest BCUT2D eigenvalue weighted by molar-refractivity contribution is -0.121. The van der Waals surface area contributed by atoms with E-state index in [0.717, 1.165) is 5.69 Å². The Bertz CT molecular complexity index is 614. The minimum absolute atomic E-state index is 0.0473. The first-order valence-corrected chi connectivity index (χ1v) is 8.14. The van der Waals surface area contributed by atoms with Gasteiger partial charge in [0.1, 0.15) is 0 Å². The van der Waals surface area contributed by atoms with E-state index in [1.54, 1.807) is 13.3 Å². The van der Waals surface area contributed by atoms with Gasteiger partial charge in [-0.2, -0.15) is 0 Å². The Balaban J connectivity index is 2.00. The molecule has 1 aromatic carbocycles. The normalized spacial score (nSPS) is 11.9. The van der Waals surface area contributed by atoms with Crippen molar-refractivity contribution < 1.29 is 9.53 Å². The van der Waals surface area contributed by atoms with Crippen molar-refractivity contribution in [3.05, 3.63) is 65.5 Å². The first kappa shape index (κ1) is 18.1. The van der Waals surface area contributed by atoms with Gasteiger partial charge < -0.3 is 15.4 Å². The number of carbonyl (C=O) groups is 1. The fourth-order valence-corrected chi connectivity index (χ4v) is 2.39. The van der Waals surface area contributed by atoms with E-state index in [2.05, 4.69) is 46.8 Å². The van der Waals surface area contributed by atoms with Gasteiger partial charge >= 0.3 is 0 Å². The monoisotopic (exact) mass is 327 g/mol. The third-order valence-electron chi connectivity index (χ3n) is 3.71. The molecule has 0 aliphatic carbocycles. The summed E-state index contributed by atoms with van der Waals surface area (Å²) in [4.78, 5) is 16.6. The van der Waals surface area contributed by atoms with Gasteiger partial charge in [-0.05, 0) is 31.0 Å². The molecule has 5 heteroatoms. The van der Waals surface area contributed by atoms with Gasteiger partial charge in [-0.1, -0.05) is 35.9 Å². The number of ether oxygens (including phenoxy) is 1. The van der Waals surface area contributed by atoms with Crippen LogP contribution in [0.2, 0.25) is 0 Å². The molecule has 2 rings (SSSR count). The second kappa shape index (κ2) is 9.80. The molecule has 1 amide bonds. The number of hydrogen-bond donors (Lipinski definition) is 2. The van der Waals surface area contributed by atoms with E-state index in [-0.39, 0.29) is 18.5 Å². The fraction of sp³-hybridized carbons (Fsp3) is 0.368. The lowest BCUT2D eigenvalue weighted by Crippen LogP contribution is -2.38. The van der Waals surface area contributed by atoms with E-state index in [1.165, 1.54) is 11.1 Å². The maximum Gasteiger partial charge on any atom is 0.234 e. The molecule has 0 aliphatic heterocycles. The van der Waals surface area contributed by atoms with E-state index >= 15 is 0 Å².